The zero-order chi connectivity index (χ0) is 15.4. The van der Waals surface area contributed by atoms with Crippen molar-refractivity contribution in [2.45, 2.75) is 24.9 Å². The van der Waals surface area contributed by atoms with Crippen LogP contribution in [0.4, 0.5) is 5.82 Å². The molecule has 0 fully saturated rings. The first-order valence-corrected chi connectivity index (χ1v) is 8.63. The summed E-state index contributed by atoms with van der Waals surface area (Å²) in [6, 6.07) is 7.80. The lowest BCUT2D eigenvalue weighted by Gasteiger charge is -2.14. The monoisotopic (exact) mass is 367 g/mol. The first-order valence-electron chi connectivity index (χ1n) is 6.61. The van der Waals surface area contributed by atoms with E-state index in [-0.39, 0.29) is 0 Å². The molecule has 21 heavy (non-hydrogen) atoms. The summed E-state index contributed by atoms with van der Waals surface area (Å²) < 4.78 is 7.03. The molecule has 0 aliphatic rings. The van der Waals surface area contributed by atoms with Crippen LogP contribution in [0.1, 0.15) is 25.3 Å². The van der Waals surface area contributed by atoms with Gasteiger partial charge in [-0.2, -0.15) is 4.98 Å². The average molecular weight is 368 g/mol. The second-order valence-electron chi connectivity index (χ2n) is 4.77. The molecule has 2 rings (SSSR count). The summed E-state index contributed by atoms with van der Waals surface area (Å²) in [6.45, 7) is 4.28. The largest absolute Gasteiger partial charge is 0.439 e. The van der Waals surface area contributed by atoms with E-state index >= 15 is 0 Å². The summed E-state index contributed by atoms with van der Waals surface area (Å²) in [4.78, 5) is 8.73. The molecule has 1 heterocycles. The van der Waals surface area contributed by atoms with Crippen molar-refractivity contribution in [2.75, 3.05) is 18.6 Å². The van der Waals surface area contributed by atoms with Gasteiger partial charge in [-0.3, -0.25) is 0 Å². The van der Waals surface area contributed by atoms with Gasteiger partial charge in [0.05, 0.1) is 0 Å². The molecule has 0 atom stereocenters. The minimum Gasteiger partial charge on any atom is -0.439 e. The van der Waals surface area contributed by atoms with E-state index < -0.39 is 0 Å². The Bertz CT molecular complexity index is 612. The Labute approximate surface area is 137 Å². The van der Waals surface area contributed by atoms with Gasteiger partial charge in [0.2, 0.25) is 5.88 Å². The number of hydrogen-bond acceptors (Lipinski definition) is 5. The van der Waals surface area contributed by atoms with E-state index in [4.69, 9.17) is 4.74 Å². The molecule has 1 aromatic heterocycles. The van der Waals surface area contributed by atoms with Gasteiger partial charge < -0.3 is 10.1 Å². The fourth-order valence-corrected chi connectivity index (χ4v) is 2.60. The lowest BCUT2D eigenvalue weighted by molar-refractivity contribution is 0.448. The summed E-state index contributed by atoms with van der Waals surface area (Å²) in [5.41, 5.74) is 1.14. The standard InChI is InChI=1S/C15H18BrN3OS/c1-9(2)11-7-10(16)5-6-12(11)20-14-8-13(17-3)18-15(19-14)21-4/h5-9H,1-4H3,(H,17,18,19). The number of thioether (sulfide) groups is 1. The number of nitrogens with one attached hydrogen (secondary N) is 1. The molecule has 0 bridgehead atoms. The van der Waals surface area contributed by atoms with Crippen molar-refractivity contribution in [3.8, 4) is 11.6 Å². The maximum absolute atomic E-state index is 5.99. The Morgan fingerprint density at radius 3 is 2.62 bits per heavy atom. The highest BCUT2D eigenvalue weighted by Crippen LogP contribution is 2.33. The van der Waals surface area contributed by atoms with Gasteiger partial charge in [0.1, 0.15) is 11.6 Å². The van der Waals surface area contributed by atoms with Gasteiger partial charge in [0.15, 0.2) is 5.16 Å². The van der Waals surface area contributed by atoms with Crippen molar-refractivity contribution in [2.24, 2.45) is 0 Å². The molecule has 1 N–H and O–H groups in total. The van der Waals surface area contributed by atoms with E-state index in [9.17, 15) is 0 Å². The molecule has 0 aliphatic heterocycles. The van der Waals surface area contributed by atoms with Crippen molar-refractivity contribution >= 4 is 33.5 Å². The van der Waals surface area contributed by atoms with Crippen LogP contribution in [0.2, 0.25) is 0 Å². The van der Waals surface area contributed by atoms with Crippen molar-refractivity contribution < 1.29 is 4.74 Å². The van der Waals surface area contributed by atoms with Crippen LogP contribution >= 0.6 is 27.7 Å². The Kier molecular flexibility index (Phi) is 5.47. The Balaban J connectivity index is 2.38. The molecule has 2 aromatic rings. The van der Waals surface area contributed by atoms with Crippen LogP contribution in [-0.2, 0) is 0 Å². The highest BCUT2D eigenvalue weighted by molar-refractivity contribution is 9.10. The summed E-state index contributed by atoms with van der Waals surface area (Å²) in [5.74, 6) is 2.47. The highest BCUT2D eigenvalue weighted by Gasteiger charge is 2.12. The Morgan fingerprint density at radius 1 is 1.24 bits per heavy atom. The third-order valence-electron chi connectivity index (χ3n) is 2.93. The van der Waals surface area contributed by atoms with Crippen molar-refractivity contribution in [1.29, 1.82) is 0 Å². The van der Waals surface area contributed by atoms with Gasteiger partial charge in [-0.1, -0.05) is 41.5 Å². The number of aromatic nitrogens is 2. The summed E-state index contributed by atoms with van der Waals surface area (Å²) in [6.07, 6.45) is 1.94. The number of ether oxygens (including phenoxy) is 1. The second kappa shape index (κ2) is 7.13. The van der Waals surface area contributed by atoms with Crippen LogP contribution in [0.15, 0.2) is 33.9 Å². The van der Waals surface area contributed by atoms with Crippen LogP contribution in [0.3, 0.4) is 0 Å². The number of halogens is 1. The zero-order valence-electron chi connectivity index (χ0n) is 12.5. The number of nitrogens with zero attached hydrogens (tertiary/aromatic N) is 2. The molecule has 0 spiro atoms. The molecule has 0 unspecified atom stereocenters. The molecule has 0 saturated heterocycles. The maximum Gasteiger partial charge on any atom is 0.225 e. The van der Waals surface area contributed by atoms with E-state index in [0.717, 1.165) is 21.6 Å². The number of anilines is 1. The molecular weight excluding hydrogens is 350 g/mol. The normalized spacial score (nSPS) is 10.8. The SMILES string of the molecule is CNc1cc(Oc2ccc(Br)cc2C(C)C)nc(SC)n1. The maximum atomic E-state index is 5.99. The first-order chi connectivity index (χ1) is 10.0. The third kappa shape index (κ3) is 4.11. The van der Waals surface area contributed by atoms with Gasteiger partial charge in [-0.05, 0) is 35.9 Å². The average Bonchev–Trinajstić information content (AvgIpc) is 2.48. The topological polar surface area (TPSA) is 47.0 Å². The van der Waals surface area contributed by atoms with E-state index in [1.165, 1.54) is 11.8 Å². The molecule has 0 radical (unpaired) electrons. The molecular formula is C15H18BrN3OS. The van der Waals surface area contributed by atoms with Gasteiger partial charge in [0.25, 0.3) is 0 Å². The number of rotatable bonds is 5. The molecule has 112 valence electrons. The number of hydrogen-bond donors (Lipinski definition) is 1. The quantitative estimate of drug-likeness (QED) is 0.600. The smallest absolute Gasteiger partial charge is 0.225 e. The lowest BCUT2D eigenvalue weighted by Crippen LogP contribution is -2.00. The summed E-state index contributed by atoms with van der Waals surface area (Å²) in [7, 11) is 1.83. The molecule has 4 nitrogen and oxygen atoms in total. The van der Waals surface area contributed by atoms with Crippen LogP contribution in [-0.4, -0.2) is 23.3 Å². The summed E-state index contributed by atoms with van der Waals surface area (Å²) >= 11 is 4.99. The van der Waals surface area contributed by atoms with Crippen molar-refractivity contribution in [3.63, 3.8) is 0 Å². The first kappa shape index (κ1) is 16.1. The van der Waals surface area contributed by atoms with E-state index in [2.05, 4.69) is 51.1 Å². The minimum atomic E-state index is 0.364. The lowest BCUT2D eigenvalue weighted by atomic mass is 10.0. The zero-order valence-corrected chi connectivity index (χ0v) is 14.9. The Hall–Kier alpha value is -1.27. The second-order valence-corrected chi connectivity index (χ2v) is 6.46. The minimum absolute atomic E-state index is 0.364. The van der Waals surface area contributed by atoms with Crippen molar-refractivity contribution in [1.82, 2.24) is 9.97 Å². The highest BCUT2D eigenvalue weighted by atomic mass is 79.9. The van der Waals surface area contributed by atoms with Crippen molar-refractivity contribution in [3.05, 3.63) is 34.3 Å². The molecule has 1 aromatic carbocycles. The fourth-order valence-electron chi connectivity index (χ4n) is 1.85. The molecule has 0 amide bonds. The molecule has 0 saturated carbocycles. The van der Waals surface area contributed by atoms with Gasteiger partial charge in [-0.15, -0.1) is 0 Å². The van der Waals surface area contributed by atoms with E-state index in [1.54, 1.807) is 6.07 Å². The fraction of sp³-hybridized carbons (Fsp3) is 0.333. The molecule has 0 aliphatic carbocycles. The number of benzene rings is 1. The van der Waals surface area contributed by atoms with Crippen LogP contribution in [0.25, 0.3) is 0 Å². The van der Waals surface area contributed by atoms with Crippen LogP contribution < -0.4 is 10.1 Å². The van der Waals surface area contributed by atoms with E-state index in [0.29, 0.717) is 17.0 Å². The van der Waals surface area contributed by atoms with Gasteiger partial charge >= 0.3 is 0 Å². The van der Waals surface area contributed by atoms with E-state index in [1.807, 2.05) is 25.4 Å². The molecule has 6 heteroatoms. The summed E-state index contributed by atoms with van der Waals surface area (Å²) in [5, 5.41) is 3.70. The van der Waals surface area contributed by atoms with Crippen LogP contribution in [0.5, 0.6) is 11.6 Å². The van der Waals surface area contributed by atoms with Gasteiger partial charge in [-0.25, -0.2) is 4.98 Å². The predicted molar refractivity (Wildman–Crippen MR) is 91.7 cm³/mol. The predicted octanol–water partition coefficient (Wildman–Crippen LogP) is 4.92. The Morgan fingerprint density at radius 2 is 2.00 bits per heavy atom. The van der Waals surface area contributed by atoms with Gasteiger partial charge in [0, 0.05) is 17.6 Å². The van der Waals surface area contributed by atoms with Crippen LogP contribution in [0, 0.1) is 0 Å². The third-order valence-corrected chi connectivity index (χ3v) is 3.97.